The lowest BCUT2D eigenvalue weighted by Gasteiger charge is -2.49. The molecular formula is C25H32O6. The van der Waals surface area contributed by atoms with Crippen LogP contribution in [0.3, 0.4) is 0 Å². The minimum atomic E-state index is -0.554. The summed E-state index contributed by atoms with van der Waals surface area (Å²) in [5.41, 5.74) is 1.85. The zero-order valence-corrected chi connectivity index (χ0v) is 19.3. The van der Waals surface area contributed by atoms with Gasteiger partial charge in [0, 0.05) is 28.9 Å². The molecule has 1 aromatic rings. The lowest BCUT2D eigenvalue weighted by molar-refractivity contribution is -0.126. The molecule has 0 radical (unpaired) electrons. The second-order valence-corrected chi connectivity index (χ2v) is 8.66. The van der Waals surface area contributed by atoms with Crippen LogP contribution in [-0.4, -0.2) is 30.7 Å². The summed E-state index contributed by atoms with van der Waals surface area (Å²) in [4.78, 5) is 38.0. The van der Waals surface area contributed by atoms with Crippen molar-refractivity contribution < 1.29 is 28.3 Å². The van der Waals surface area contributed by atoms with E-state index in [4.69, 9.17) is 9.15 Å². The van der Waals surface area contributed by atoms with Crippen LogP contribution in [0.25, 0.3) is 0 Å². The number of carbonyl (C=O) groups excluding carboxylic acids is 3. The van der Waals surface area contributed by atoms with Crippen LogP contribution in [0.1, 0.15) is 86.8 Å². The Bertz CT molecular complexity index is 967. The number of esters is 1. The third-order valence-electron chi connectivity index (χ3n) is 7.51. The van der Waals surface area contributed by atoms with Gasteiger partial charge in [0.15, 0.2) is 5.76 Å². The molecule has 5 rings (SSSR count). The van der Waals surface area contributed by atoms with Crippen molar-refractivity contribution in [3.63, 3.8) is 0 Å². The van der Waals surface area contributed by atoms with Crippen molar-refractivity contribution in [3.05, 3.63) is 47.1 Å². The number of allylic oxidation sites excluding steroid dienone is 1. The molecule has 1 aliphatic heterocycles. The molecule has 168 valence electrons. The SMILES string of the molecule is C=COC.CC.C[C@H]1OC(=O)c2coc3c2C1(C)C1=C(C3=O)C2CCC(=O)C2(C)CC1. The molecule has 6 nitrogen and oxygen atoms in total. The number of Topliss-reactive ketones (excluding diaryl/α,β-unsaturated/α-hetero) is 2. The Hall–Kier alpha value is -2.63. The fourth-order valence-corrected chi connectivity index (χ4v) is 5.67. The monoisotopic (exact) mass is 428 g/mol. The standard InChI is InChI=1S/C20H20O5.C3H6O.C2H6/c1-9-20(3)12-6-7-19(2)11(4-5-13(19)21)14(12)16(22)17-15(20)10(8-24-17)18(23)25-9;1-3-4-2;1-2/h8-9,11H,4-7H2,1-3H3;3H,1H2,2H3;1-2H3/t9-,11?,19?,20?;;/m1../s1. The lowest BCUT2D eigenvalue weighted by Crippen LogP contribution is -2.51. The molecule has 3 aliphatic carbocycles. The highest BCUT2D eigenvalue weighted by Crippen LogP contribution is 2.60. The van der Waals surface area contributed by atoms with Crippen molar-refractivity contribution in [2.45, 2.75) is 71.8 Å². The molecule has 0 amide bonds. The van der Waals surface area contributed by atoms with Gasteiger partial charge in [0.05, 0.1) is 18.8 Å². The molecule has 1 fully saturated rings. The number of ketones is 2. The Kier molecular flexibility index (Phi) is 6.05. The van der Waals surface area contributed by atoms with E-state index in [1.54, 1.807) is 7.11 Å². The number of fused-ring (bicyclic) bond motifs is 3. The number of rotatable bonds is 1. The van der Waals surface area contributed by atoms with E-state index in [0.717, 1.165) is 17.6 Å². The fraction of sp³-hybridized carbons (Fsp3) is 0.560. The van der Waals surface area contributed by atoms with Crippen molar-refractivity contribution in [1.29, 1.82) is 0 Å². The fourth-order valence-electron chi connectivity index (χ4n) is 5.67. The van der Waals surface area contributed by atoms with Crippen molar-refractivity contribution in [2.24, 2.45) is 11.3 Å². The second-order valence-electron chi connectivity index (χ2n) is 8.66. The highest BCUT2D eigenvalue weighted by molar-refractivity contribution is 6.14. The number of cyclic esters (lactones) is 1. The van der Waals surface area contributed by atoms with E-state index in [0.29, 0.717) is 30.4 Å². The predicted molar refractivity (Wildman–Crippen MR) is 116 cm³/mol. The van der Waals surface area contributed by atoms with Gasteiger partial charge >= 0.3 is 5.97 Å². The minimum absolute atomic E-state index is 0.0559. The van der Waals surface area contributed by atoms with E-state index in [1.807, 2.05) is 34.6 Å². The largest absolute Gasteiger partial charge is 0.505 e. The maximum absolute atomic E-state index is 13.3. The van der Waals surface area contributed by atoms with Gasteiger partial charge in [-0.15, -0.1) is 0 Å². The van der Waals surface area contributed by atoms with Gasteiger partial charge in [-0.25, -0.2) is 4.79 Å². The van der Waals surface area contributed by atoms with Crippen molar-refractivity contribution in [1.82, 2.24) is 0 Å². The summed E-state index contributed by atoms with van der Waals surface area (Å²) < 4.78 is 15.5. The normalized spacial score (nSPS) is 32.4. The molecular weight excluding hydrogens is 396 g/mol. The molecule has 1 aromatic heterocycles. The zero-order chi connectivity index (χ0) is 23.1. The number of hydrogen-bond acceptors (Lipinski definition) is 6. The zero-order valence-electron chi connectivity index (χ0n) is 19.3. The average molecular weight is 429 g/mol. The van der Waals surface area contributed by atoms with Crippen LogP contribution in [0.5, 0.6) is 0 Å². The van der Waals surface area contributed by atoms with Gasteiger partial charge < -0.3 is 13.9 Å². The van der Waals surface area contributed by atoms with E-state index >= 15 is 0 Å². The average Bonchev–Trinajstić information content (AvgIpc) is 3.35. The Morgan fingerprint density at radius 1 is 1.19 bits per heavy atom. The summed E-state index contributed by atoms with van der Waals surface area (Å²) in [5, 5.41) is 0. The number of carbonyl (C=O) groups is 3. The number of furan rings is 1. The third kappa shape index (κ3) is 3.02. The van der Waals surface area contributed by atoms with Gasteiger partial charge in [0.2, 0.25) is 5.78 Å². The topological polar surface area (TPSA) is 82.8 Å². The molecule has 3 unspecified atom stereocenters. The summed E-state index contributed by atoms with van der Waals surface area (Å²) in [5.74, 6) is -0.0937. The molecule has 0 spiro atoms. The quantitative estimate of drug-likeness (QED) is 0.453. The van der Waals surface area contributed by atoms with Crippen LogP contribution < -0.4 is 0 Å². The van der Waals surface area contributed by atoms with E-state index in [-0.39, 0.29) is 29.3 Å². The Balaban J connectivity index is 0.000000411. The van der Waals surface area contributed by atoms with Gasteiger partial charge in [0.1, 0.15) is 23.7 Å². The molecule has 0 bridgehead atoms. The molecule has 2 heterocycles. The number of ether oxygens (including phenoxy) is 2. The molecule has 0 saturated heterocycles. The second kappa shape index (κ2) is 8.13. The summed E-state index contributed by atoms with van der Waals surface area (Å²) in [6, 6.07) is 0. The van der Waals surface area contributed by atoms with Gasteiger partial charge in [-0.2, -0.15) is 0 Å². The Morgan fingerprint density at radius 2 is 1.84 bits per heavy atom. The van der Waals surface area contributed by atoms with Crippen LogP contribution in [-0.2, 0) is 19.7 Å². The first-order chi connectivity index (χ1) is 14.7. The van der Waals surface area contributed by atoms with Gasteiger partial charge in [-0.3, -0.25) is 9.59 Å². The molecule has 4 aliphatic rings. The molecule has 0 aromatic carbocycles. The van der Waals surface area contributed by atoms with Crippen LogP contribution >= 0.6 is 0 Å². The van der Waals surface area contributed by atoms with Crippen LogP contribution in [0, 0.1) is 11.3 Å². The third-order valence-corrected chi connectivity index (χ3v) is 7.51. The molecule has 0 N–H and O–H groups in total. The van der Waals surface area contributed by atoms with Crippen LogP contribution in [0.2, 0.25) is 0 Å². The molecule has 1 saturated carbocycles. The lowest BCUT2D eigenvalue weighted by atomic mass is 9.55. The maximum atomic E-state index is 13.3. The molecule has 31 heavy (non-hydrogen) atoms. The molecule has 6 heteroatoms. The first-order valence-corrected chi connectivity index (χ1v) is 11.0. The van der Waals surface area contributed by atoms with Crippen molar-refractivity contribution >= 4 is 17.5 Å². The summed E-state index contributed by atoms with van der Waals surface area (Å²) in [7, 11) is 1.56. The van der Waals surface area contributed by atoms with Crippen molar-refractivity contribution in [3.8, 4) is 0 Å². The highest BCUT2D eigenvalue weighted by Gasteiger charge is 2.60. The summed E-state index contributed by atoms with van der Waals surface area (Å²) in [6.07, 6.45) is 5.04. The first kappa shape index (κ1) is 23.0. The highest BCUT2D eigenvalue weighted by atomic mass is 16.5. The van der Waals surface area contributed by atoms with E-state index < -0.39 is 16.8 Å². The smallest absolute Gasteiger partial charge is 0.342 e. The van der Waals surface area contributed by atoms with E-state index in [2.05, 4.69) is 11.3 Å². The maximum Gasteiger partial charge on any atom is 0.342 e. The van der Waals surface area contributed by atoms with Crippen LogP contribution in [0.4, 0.5) is 0 Å². The minimum Gasteiger partial charge on any atom is -0.505 e. The van der Waals surface area contributed by atoms with Gasteiger partial charge in [-0.1, -0.05) is 27.4 Å². The summed E-state index contributed by atoms with van der Waals surface area (Å²) in [6.45, 7) is 13.2. The van der Waals surface area contributed by atoms with Crippen LogP contribution in [0.15, 0.2) is 34.7 Å². The number of methoxy groups -OCH3 is 1. The molecule has 4 atom stereocenters. The van der Waals surface area contributed by atoms with Crippen molar-refractivity contribution in [2.75, 3.05) is 7.11 Å². The van der Waals surface area contributed by atoms with E-state index in [1.165, 1.54) is 12.5 Å². The van der Waals surface area contributed by atoms with Gasteiger partial charge in [-0.05, 0) is 38.7 Å². The Morgan fingerprint density at radius 3 is 2.45 bits per heavy atom. The number of hydrogen-bond donors (Lipinski definition) is 0. The van der Waals surface area contributed by atoms with E-state index in [9.17, 15) is 14.4 Å². The first-order valence-electron chi connectivity index (χ1n) is 11.0. The summed E-state index contributed by atoms with van der Waals surface area (Å²) >= 11 is 0. The van der Waals surface area contributed by atoms with Gasteiger partial charge in [0.25, 0.3) is 0 Å². The Labute approximate surface area is 183 Å². The predicted octanol–water partition coefficient (Wildman–Crippen LogP) is 5.17.